The third kappa shape index (κ3) is 2.20. The van der Waals surface area contributed by atoms with Crippen molar-refractivity contribution in [2.45, 2.75) is 20.4 Å². The van der Waals surface area contributed by atoms with Gasteiger partial charge in [-0.2, -0.15) is 5.10 Å². The first kappa shape index (κ1) is 13.4. The molecule has 108 valence electrons. The van der Waals surface area contributed by atoms with Crippen molar-refractivity contribution in [3.8, 4) is 0 Å². The summed E-state index contributed by atoms with van der Waals surface area (Å²) in [6, 6.07) is 5.29. The first-order chi connectivity index (χ1) is 9.97. The van der Waals surface area contributed by atoms with E-state index in [0.29, 0.717) is 5.56 Å². The summed E-state index contributed by atoms with van der Waals surface area (Å²) in [5, 5.41) is 14.3. The van der Waals surface area contributed by atoms with Gasteiger partial charge in [-0.15, -0.1) is 0 Å². The van der Waals surface area contributed by atoms with E-state index in [1.165, 1.54) is 0 Å². The van der Waals surface area contributed by atoms with Crippen LogP contribution in [0.3, 0.4) is 0 Å². The van der Waals surface area contributed by atoms with Gasteiger partial charge in [0.25, 0.3) is 0 Å². The second-order valence-electron chi connectivity index (χ2n) is 5.36. The second-order valence-corrected chi connectivity index (χ2v) is 5.36. The number of aromatic nitrogens is 3. The highest BCUT2D eigenvalue weighted by atomic mass is 16.4. The summed E-state index contributed by atoms with van der Waals surface area (Å²) in [5.41, 5.74) is 4.77. The molecule has 0 unspecified atom stereocenters. The van der Waals surface area contributed by atoms with Crippen LogP contribution in [0.15, 0.2) is 30.6 Å². The van der Waals surface area contributed by atoms with Crippen molar-refractivity contribution < 1.29 is 9.90 Å². The minimum Gasteiger partial charge on any atom is -0.478 e. The van der Waals surface area contributed by atoms with Crippen LogP contribution >= 0.6 is 0 Å². The lowest BCUT2D eigenvalue weighted by Crippen LogP contribution is -2.01. The van der Waals surface area contributed by atoms with Crippen LogP contribution in [0.5, 0.6) is 0 Å². The van der Waals surface area contributed by atoms with Crippen molar-refractivity contribution in [2.24, 2.45) is 7.05 Å². The molecular formula is C16H17N3O2. The van der Waals surface area contributed by atoms with Crippen LogP contribution < -0.4 is 0 Å². The van der Waals surface area contributed by atoms with Crippen LogP contribution in [-0.2, 0) is 13.6 Å². The predicted molar refractivity (Wildman–Crippen MR) is 80.7 cm³/mol. The molecule has 0 saturated carbocycles. The average Bonchev–Trinajstić information content (AvgIpc) is 2.96. The van der Waals surface area contributed by atoms with Gasteiger partial charge in [-0.1, -0.05) is 0 Å². The van der Waals surface area contributed by atoms with E-state index in [1.807, 2.05) is 32.4 Å². The summed E-state index contributed by atoms with van der Waals surface area (Å²) in [4.78, 5) is 11.1. The van der Waals surface area contributed by atoms with Crippen molar-refractivity contribution in [2.75, 3.05) is 0 Å². The fourth-order valence-corrected chi connectivity index (χ4v) is 2.72. The number of carboxylic acid groups (broad SMARTS) is 1. The Kier molecular flexibility index (Phi) is 3.05. The number of aryl methyl sites for hydroxylation is 2. The number of hydrogen-bond donors (Lipinski definition) is 1. The molecule has 1 N–H and O–H groups in total. The van der Waals surface area contributed by atoms with E-state index in [2.05, 4.69) is 16.6 Å². The lowest BCUT2D eigenvalue weighted by atomic mass is 10.1. The molecule has 2 aromatic heterocycles. The maximum atomic E-state index is 11.1. The highest BCUT2D eigenvalue weighted by Crippen LogP contribution is 2.27. The summed E-state index contributed by atoms with van der Waals surface area (Å²) >= 11 is 0. The Labute approximate surface area is 122 Å². The Morgan fingerprint density at radius 1 is 1.33 bits per heavy atom. The summed E-state index contributed by atoms with van der Waals surface area (Å²) in [6.45, 7) is 4.83. The van der Waals surface area contributed by atoms with Gasteiger partial charge in [-0.3, -0.25) is 4.68 Å². The number of carboxylic acids is 1. The van der Waals surface area contributed by atoms with Gasteiger partial charge in [0, 0.05) is 35.4 Å². The van der Waals surface area contributed by atoms with Crippen LogP contribution in [0.1, 0.15) is 27.2 Å². The summed E-state index contributed by atoms with van der Waals surface area (Å²) in [7, 11) is 1.90. The molecule has 0 atom stereocenters. The van der Waals surface area contributed by atoms with Crippen LogP contribution in [-0.4, -0.2) is 25.4 Å². The minimum absolute atomic E-state index is 0.323. The predicted octanol–water partition coefficient (Wildman–Crippen LogP) is 2.74. The lowest BCUT2D eigenvalue weighted by Gasteiger charge is -2.07. The zero-order valence-electron chi connectivity index (χ0n) is 12.3. The number of nitrogens with zero attached hydrogens (tertiary/aromatic N) is 3. The zero-order valence-corrected chi connectivity index (χ0v) is 12.3. The van der Waals surface area contributed by atoms with Gasteiger partial charge in [0.2, 0.25) is 0 Å². The van der Waals surface area contributed by atoms with Gasteiger partial charge >= 0.3 is 5.97 Å². The van der Waals surface area contributed by atoms with Gasteiger partial charge in [-0.05, 0) is 37.6 Å². The fraction of sp³-hybridized carbons (Fsp3) is 0.250. The molecule has 0 aliphatic rings. The number of hydrogen-bond acceptors (Lipinski definition) is 2. The zero-order chi connectivity index (χ0) is 15.1. The highest BCUT2D eigenvalue weighted by molar-refractivity contribution is 5.95. The molecule has 0 saturated heterocycles. The Morgan fingerprint density at radius 3 is 2.71 bits per heavy atom. The van der Waals surface area contributed by atoms with Crippen molar-refractivity contribution in [1.29, 1.82) is 0 Å². The topological polar surface area (TPSA) is 60.0 Å². The van der Waals surface area contributed by atoms with E-state index in [-0.39, 0.29) is 0 Å². The van der Waals surface area contributed by atoms with E-state index in [0.717, 1.165) is 34.3 Å². The smallest absolute Gasteiger partial charge is 0.335 e. The van der Waals surface area contributed by atoms with E-state index < -0.39 is 5.97 Å². The molecule has 1 aromatic carbocycles. The SMILES string of the molecule is Cc1c(C)n(Cc2cnn(C)c2)c2ccc(C(=O)O)cc12. The van der Waals surface area contributed by atoms with Gasteiger partial charge in [-0.25, -0.2) is 4.79 Å². The largest absolute Gasteiger partial charge is 0.478 e. The van der Waals surface area contributed by atoms with Gasteiger partial charge in [0.15, 0.2) is 0 Å². The molecule has 5 heteroatoms. The molecule has 0 bridgehead atoms. The number of carbonyl (C=O) groups is 1. The quantitative estimate of drug-likeness (QED) is 0.804. The normalized spacial score (nSPS) is 11.2. The first-order valence-corrected chi connectivity index (χ1v) is 6.77. The van der Waals surface area contributed by atoms with Crippen LogP contribution in [0, 0.1) is 13.8 Å². The lowest BCUT2D eigenvalue weighted by molar-refractivity contribution is 0.0697. The molecule has 3 aromatic rings. The van der Waals surface area contributed by atoms with E-state index >= 15 is 0 Å². The standard InChI is InChI=1S/C16H17N3O2/c1-10-11(2)19(9-12-7-17-18(3)8-12)15-5-4-13(16(20)21)6-14(10)15/h4-8H,9H2,1-3H3,(H,20,21). The molecule has 0 aliphatic heterocycles. The highest BCUT2D eigenvalue weighted by Gasteiger charge is 2.14. The maximum absolute atomic E-state index is 11.1. The average molecular weight is 283 g/mol. The molecule has 3 rings (SSSR count). The molecule has 2 heterocycles. The summed E-state index contributed by atoms with van der Waals surface area (Å²) < 4.78 is 3.99. The molecule has 5 nitrogen and oxygen atoms in total. The fourth-order valence-electron chi connectivity index (χ4n) is 2.72. The van der Waals surface area contributed by atoms with Gasteiger partial charge in [0.05, 0.1) is 18.3 Å². The van der Waals surface area contributed by atoms with E-state index in [9.17, 15) is 4.79 Å². The Hall–Kier alpha value is -2.56. The third-order valence-electron chi connectivity index (χ3n) is 3.98. The molecular weight excluding hydrogens is 266 g/mol. The van der Waals surface area contributed by atoms with Crippen LogP contribution in [0.2, 0.25) is 0 Å². The van der Waals surface area contributed by atoms with Crippen molar-refractivity contribution >= 4 is 16.9 Å². The number of fused-ring (bicyclic) bond motifs is 1. The van der Waals surface area contributed by atoms with Crippen molar-refractivity contribution in [1.82, 2.24) is 14.3 Å². The molecule has 21 heavy (non-hydrogen) atoms. The summed E-state index contributed by atoms with van der Waals surface area (Å²) in [5.74, 6) is -0.894. The van der Waals surface area contributed by atoms with Gasteiger partial charge < -0.3 is 9.67 Å². The Bertz CT molecular complexity index is 843. The Balaban J connectivity index is 2.14. The molecule has 0 amide bonds. The monoisotopic (exact) mass is 283 g/mol. The number of rotatable bonds is 3. The second kappa shape index (κ2) is 4.77. The summed E-state index contributed by atoms with van der Waals surface area (Å²) in [6.07, 6.45) is 3.85. The van der Waals surface area contributed by atoms with Gasteiger partial charge in [0.1, 0.15) is 0 Å². The van der Waals surface area contributed by atoms with Crippen LogP contribution in [0.25, 0.3) is 10.9 Å². The van der Waals surface area contributed by atoms with Crippen molar-refractivity contribution in [3.63, 3.8) is 0 Å². The minimum atomic E-state index is -0.894. The molecule has 0 aliphatic carbocycles. The maximum Gasteiger partial charge on any atom is 0.335 e. The molecule has 0 radical (unpaired) electrons. The Morgan fingerprint density at radius 2 is 2.10 bits per heavy atom. The first-order valence-electron chi connectivity index (χ1n) is 6.77. The van der Waals surface area contributed by atoms with E-state index in [4.69, 9.17) is 5.11 Å². The van der Waals surface area contributed by atoms with Crippen molar-refractivity contribution in [3.05, 3.63) is 53.0 Å². The molecule has 0 spiro atoms. The number of aromatic carboxylic acids is 1. The van der Waals surface area contributed by atoms with Crippen LogP contribution in [0.4, 0.5) is 0 Å². The third-order valence-corrected chi connectivity index (χ3v) is 3.98. The number of benzene rings is 1. The van der Waals surface area contributed by atoms with E-state index in [1.54, 1.807) is 16.8 Å². The molecule has 0 fully saturated rings.